The summed E-state index contributed by atoms with van der Waals surface area (Å²) < 4.78 is 0. The fraction of sp³-hybridized carbons (Fsp3) is 1.00. The van der Waals surface area contributed by atoms with E-state index in [4.69, 9.17) is 5.73 Å². The zero-order valence-electron chi connectivity index (χ0n) is 13.4. The highest BCUT2D eigenvalue weighted by Crippen LogP contribution is 2.34. The molecule has 0 aliphatic carbocycles. The van der Waals surface area contributed by atoms with E-state index in [2.05, 4.69) is 28.7 Å². The number of likely N-dealkylation sites (tertiary alicyclic amines) is 1. The molecule has 0 amide bonds. The number of piperidine rings is 2. The van der Waals surface area contributed by atoms with E-state index in [1.807, 2.05) is 0 Å². The number of piperazine rings is 1. The molecule has 0 bridgehead atoms. The number of rotatable bonds is 2. The van der Waals surface area contributed by atoms with Gasteiger partial charge in [0.2, 0.25) is 0 Å². The molecule has 20 heavy (non-hydrogen) atoms. The van der Waals surface area contributed by atoms with Gasteiger partial charge < -0.3 is 10.6 Å². The lowest BCUT2D eigenvalue weighted by Crippen LogP contribution is -2.69. The highest BCUT2D eigenvalue weighted by molar-refractivity contribution is 5.02. The molecule has 2 N–H and O–H groups in total. The standard InChI is InChI=1S/C16H32N4/c1-14-11-19-8-4-3-5-15(19)12-20(14)16(13-17)6-9-18(2)10-7-16/h14-15H,3-13,17H2,1-2H3. The van der Waals surface area contributed by atoms with Crippen molar-refractivity contribution in [3.05, 3.63) is 0 Å². The largest absolute Gasteiger partial charge is 0.329 e. The van der Waals surface area contributed by atoms with Crippen LogP contribution in [0.4, 0.5) is 0 Å². The molecule has 4 nitrogen and oxygen atoms in total. The molecule has 0 radical (unpaired) electrons. The summed E-state index contributed by atoms with van der Waals surface area (Å²) in [7, 11) is 2.24. The molecule has 3 saturated heterocycles. The second kappa shape index (κ2) is 5.91. The van der Waals surface area contributed by atoms with Crippen LogP contribution in [0.25, 0.3) is 0 Å². The fourth-order valence-electron chi connectivity index (χ4n) is 4.66. The number of nitrogens with two attached hydrogens (primary N) is 1. The molecular weight excluding hydrogens is 248 g/mol. The molecule has 0 saturated carbocycles. The zero-order chi connectivity index (χ0) is 14.2. The van der Waals surface area contributed by atoms with Crippen molar-refractivity contribution in [1.29, 1.82) is 0 Å². The van der Waals surface area contributed by atoms with Gasteiger partial charge in [-0.3, -0.25) is 9.80 Å². The normalized spacial score (nSPS) is 36.8. The Morgan fingerprint density at radius 1 is 1.10 bits per heavy atom. The highest BCUT2D eigenvalue weighted by Gasteiger charge is 2.44. The number of hydrogen-bond acceptors (Lipinski definition) is 4. The Balaban J connectivity index is 1.73. The molecular formula is C16H32N4. The summed E-state index contributed by atoms with van der Waals surface area (Å²) in [5, 5.41) is 0. The molecule has 2 unspecified atom stereocenters. The van der Waals surface area contributed by atoms with Gasteiger partial charge in [0.05, 0.1) is 0 Å². The van der Waals surface area contributed by atoms with Gasteiger partial charge in [0.25, 0.3) is 0 Å². The molecule has 3 heterocycles. The summed E-state index contributed by atoms with van der Waals surface area (Å²) in [6.45, 7) is 9.48. The molecule has 3 aliphatic heterocycles. The van der Waals surface area contributed by atoms with Crippen molar-refractivity contribution in [3.8, 4) is 0 Å². The molecule has 0 aromatic heterocycles. The molecule has 3 aliphatic rings. The van der Waals surface area contributed by atoms with Gasteiger partial charge in [-0.25, -0.2) is 0 Å². The van der Waals surface area contributed by atoms with Crippen LogP contribution in [0, 0.1) is 0 Å². The van der Waals surface area contributed by atoms with Crippen molar-refractivity contribution in [3.63, 3.8) is 0 Å². The van der Waals surface area contributed by atoms with Crippen LogP contribution < -0.4 is 5.73 Å². The maximum absolute atomic E-state index is 6.27. The second-order valence-electron chi connectivity index (χ2n) is 7.38. The predicted molar refractivity (Wildman–Crippen MR) is 83.9 cm³/mol. The monoisotopic (exact) mass is 280 g/mol. The predicted octanol–water partition coefficient (Wildman–Crippen LogP) is 0.968. The van der Waals surface area contributed by atoms with Gasteiger partial charge in [0.15, 0.2) is 0 Å². The topological polar surface area (TPSA) is 35.7 Å². The zero-order valence-corrected chi connectivity index (χ0v) is 13.4. The molecule has 0 aromatic carbocycles. The lowest BCUT2D eigenvalue weighted by Gasteiger charge is -2.56. The van der Waals surface area contributed by atoms with Crippen LogP contribution in [0.15, 0.2) is 0 Å². The van der Waals surface area contributed by atoms with Crippen LogP contribution in [-0.2, 0) is 0 Å². The van der Waals surface area contributed by atoms with Crippen LogP contribution in [0.1, 0.15) is 39.0 Å². The van der Waals surface area contributed by atoms with Crippen molar-refractivity contribution in [2.75, 3.05) is 46.3 Å². The summed E-state index contributed by atoms with van der Waals surface area (Å²) in [5.74, 6) is 0. The van der Waals surface area contributed by atoms with Gasteiger partial charge in [0.1, 0.15) is 0 Å². The number of nitrogens with zero attached hydrogens (tertiary/aromatic N) is 3. The quantitative estimate of drug-likeness (QED) is 0.817. The average Bonchev–Trinajstić information content (AvgIpc) is 2.48. The van der Waals surface area contributed by atoms with E-state index in [9.17, 15) is 0 Å². The Kier molecular flexibility index (Phi) is 4.37. The second-order valence-corrected chi connectivity index (χ2v) is 7.38. The van der Waals surface area contributed by atoms with E-state index < -0.39 is 0 Å². The molecule has 3 fully saturated rings. The van der Waals surface area contributed by atoms with Crippen molar-refractivity contribution in [2.24, 2.45) is 5.73 Å². The number of hydrogen-bond donors (Lipinski definition) is 1. The summed E-state index contributed by atoms with van der Waals surface area (Å²) >= 11 is 0. The summed E-state index contributed by atoms with van der Waals surface area (Å²) in [6.07, 6.45) is 6.70. The lowest BCUT2D eigenvalue weighted by atomic mass is 9.82. The van der Waals surface area contributed by atoms with E-state index in [1.54, 1.807) is 0 Å². The first kappa shape index (κ1) is 14.8. The third-order valence-electron chi connectivity index (χ3n) is 6.09. The smallest absolute Gasteiger partial charge is 0.0360 e. The van der Waals surface area contributed by atoms with Crippen molar-refractivity contribution >= 4 is 0 Å². The lowest BCUT2D eigenvalue weighted by molar-refractivity contribution is -0.0648. The first-order valence-electron chi connectivity index (χ1n) is 8.54. The van der Waals surface area contributed by atoms with Gasteiger partial charge in [-0.2, -0.15) is 0 Å². The summed E-state index contributed by atoms with van der Waals surface area (Å²) in [6, 6.07) is 1.46. The summed E-state index contributed by atoms with van der Waals surface area (Å²) in [4.78, 5) is 7.99. The Morgan fingerprint density at radius 3 is 2.55 bits per heavy atom. The maximum atomic E-state index is 6.27. The van der Waals surface area contributed by atoms with Crippen LogP contribution in [0.2, 0.25) is 0 Å². The third kappa shape index (κ3) is 2.63. The SMILES string of the molecule is CC1CN2CCCCC2CN1C1(CN)CCN(C)CC1. The minimum absolute atomic E-state index is 0.273. The average molecular weight is 280 g/mol. The molecule has 4 heteroatoms. The first-order chi connectivity index (χ1) is 9.64. The first-order valence-corrected chi connectivity index (χ1v) is 8.54. The van der Waals surface area contributed by atoms with Crippen molar-refractivity contribution in [1.82, 2.24) is 14.7 Å². The Labute approximate surface area is 124 Å². The minimum atomic E-state index is 0.273. The van der Waals surface area contributed by atoms with E-state index >= 15 is 0 Å². The van der Waals surface area contributed by atoms with Crippen LogP contribution in [0.5, 0.6) is 0 Å². The molecule has 0 spiro atoms. The van der Waals surface area contributed by atoms with Gasteiger partial charge >= 0.3 is 0 Å². The van der Waals surface area contributed by atoms with Gasteiger partial charge in [-0.1, -0.05) is 6.42 Å². The van der Waals surface area contributed by atoms with Gasteiger partial charge in [-0.15, -0.1) is 0 Å². The van der Waals surface area contributed by atoms with Crippen molar-refractivity contribution < 1.29 is 0 Å². The third-order valence-corrected chi connectivity index (χ3v) is 6.09. The van der Waals surface area contributed by atoms with Crippen LogP contribution in [0.3, 0.4) is 0 Å². The minimum Gasteiger partial charge on any atom is -0.329 e. The maximum Gasteiger partial charge on any atom is 0.0360 e. The van der Waals surface area contributed by atoms with Gasteiger partial charge in [-0.05, 0) is 59.3 Å². The van der Waals surface area contributed by atoms with E-state index in [1.165, 1.54) is 64.8 Å². The highest BCUT2D eigenvalue weighted by atomic mass is 15.3. The Hall–Kier alpha value is -0.160. The fourth-order valence-corrected chi connectivity index (χ4v) is 4.66. The molecule has 2 atom stereocenters. The van der Waals surface area contributed by atoms with E-state index in [-0.39, 0.29) is 5.54 Å². The Bertz CT molecular complexity index is 324. The van der Waals surface area contributed by atoms with Crippen LogP contribution >= 0.6 is 0 Å². The van der Waals surface area contributed by atoms with E-state index in [0.717, 1.165) is 12.6 Å². The number of fused-ring (bicyclic) bond motifs is 1. The van der Waals surface area contributed by atoms with Gasteiger partial charge in [0, 0.05) is 37.3 Å². The van der Waals surface area contributed by atoms with Crippen LogP contribution in [-0.4, -0.2) is 78.6 Å². The van der Waals surface area contributed by atoms with E-state index in [0.29, 0.717) is 6.04 Å². The molecule has 0 aromatic rings. The molecule has 3 rings (SSSR count). The Morgan fingerprint density at radius 2 is 1.85 bits per heavy atom. The van der Waals surface area contributed by atoms with Crippen molar-refractivity contribution in [2.45, 2.75) is 56.7 Å². The summed E-state index contributed by atoms with van der Waals surface area (Å²) in [5.41, 5.74) is 6.54. The molecule has 116 valence electrons.